The zero-order valence-electron chi connectivity index (χ0n) is 19.2. The van der Waals surface area contributed by atoms with Crippen LogP contribution in [0.5, 0.6) is 0 Å². The van der Waals surface area contributed by atoms with E-state index in [0.717, 1.165) is 58.6 Å². The summed E-state index contributed by atoms with van der Waals surface area (Å²) in [4.78, 5) is 16.0. The second-order valence-corrected chi connectivity index (χ2v) is 9.19. The number of likely N-dealkylation sites (tertiary alicyclic amines) is 1. The van der Waals surface area contributed by atoms with Crippen LogP contribution in [0.4, 0.5) is 17.3 Å². The van der Waals surface area contributed by atoms with Crippen molar-refractivity contribution in [3.05, 3.63) is 41.2 Å². The van der Waals surface area contributed by atoms with E-state index in [9.17, 15) is 0 Å². The first-order valence-electron chi connectivity index (χ1n) is 11.1. The Morgan fingerprint density at radius 1 is 1.13 bits per heavy atom. The van der Waals surface area contributed by atoms with Crippen molar-refractivity contribution in [3.8, 4) is 0 Å². The molecule has 2 heterocycles. The molecule has 1 aliphatic heterocycles. The molecule has 1 aromatic heterocycles. The average Bonchev–Trinajstić information content (AvgIpc) is 3.25. The van der Waals surface area contributed by atoms with E-state index >= 15 is 0 Å². The van der Waals surface area contributed by atoms with Crippen LogP contribution in [-0.2, 0) is 0 Å². The van der Waals surface area contributed by atoms with E-state index in [-0.39, 0.29) is 0 Å². The minimum Gasteiger partial charge on any atom is -0.372 e. The maximum Gasteiger partial charge on any atom is 0.141 e. The van der Waals surface area contributed by atoms with Crippen LogP contribution in [0, 0.1) is 24.2 Å². The Kier molecular flexibility index (Phi) is 6.05. The lowest BCUT2D eigenvalue weighted by Gasteiger charge is -2.20. The summed E-state index contributed by atoms with van der Waals surface area (Å²) in [5, 5.41) is 15.8. The van der Waals surface area contributed by atoms with E-state index in [0.29, 0.717) is 17.6 Å². The second-order valence-electron chi connectivity index (χ2n) is 9.19. The maximum atomic E-state index is 8.99. The standard InChI is InChI=1S/C24H33N7/c1-14(2)29-20-7-6-16(8-15(20)3)22(25)21-23(26-4)27-13-28-24(21)30-19-9-17-11-31(5)12-18(17)10-19/h6-8,13,17-19,25H,9-12H2,1-5H3,(H2,26,27,28,30). The molecule has 164 valence electrons. The van der Waals surface area contributed by atoms with Crippen LogP contribution in [0.3, 0.4) is 0 Å². The quantitative estimate of drug-likeness (QED) is 0.613. The van der Waals surface area contributed by atoms with Crippen molar-refractivity contribution in [3.63, 3.8) is 0 Å². The number of aromatic nitrogens is 2. The fraction of sp³-hybridized carbons (Fsp3) is 0.500. The Morgan fingerprint density at radius 2 is 1.81 bits per heavy atom. The second kappa shape index (κ2) is 8.75. The minimum atomic E-state index is 0.390. The number of aryl methyl sites for hydroxylation is 1. The maximum absolute atomic E-state index is 8.99. The fourth-order valence-corrected chi connectivity index (χ4v) is 5.09. The third-order valence-corrected chi connectivity index (χ3v) is 6.44. The highest BCUT2D eigenvalue weighted by Crippen LogP contribution is 2.39. The van der Waals surface area contributed by atoms with Crippen LogP contribution >= 0.6 is 0 Å². The number of hydrogen-bond donors (Lipinski definition) is 3. The van der Waals surface area contributed by atoms with Crippen molar-refractivity contribution < 1.29 is 0 Å². The molecule has 1 saturated carbocycles. The van der Waals surface area contributed by atoms with Crippen LogP contribution in [0.15, 0.2) is 29.5 Å². The predicted molar refractivity (Wildman–Crippen MR) is 128 cm³/mol. The lowest BCUT2D eigenvalue weighted by Crippen LogP contribution is -2.24. The third kappa shape index (κ3) is 4.46. The molecule has 7 heteroatoms. The van der Waals surface area contributed by atoms with Gasteiger partial charge in [-0.1, -0.05) is 6.07 Å². The van der Waals surface area contributed by atoms with Gasteiger partial charge in [0, 0.05) is 37.5 Å². The Labute approximate surface area is 184 Å². The van der Waals surface area contributed by atoms with Gasteiger partial charge < -0.3 is 15.5 Å². The highest BCUT2D eigenvalue weighted by Gasteiger charge is 2.40. The van der Waals surface area contributed by atoms with Crippen LogP contribution in [-0.4, -0.2) is 59.5 Å². The molecule has 1 aromatic carbocycles. The molecule has 0 radical (unpaired) electrons. The Balaban J connectivity index is 1.61. The van der Waals surface area contributed by atoms with Crippen LogP contribution < -0.4 is 10.6 Å². The molecule has 0 amide bonds. The third-order valence-electron chi connectivity index (χ3n) is 6.44. The van der Waals surface area contributed by atoms with E-state index in [4.69, 9.17) is 5.41 Å². The summed E-state index contributed by atoms with van der Waals surface area (Å²) in [6.45, 7) is 8.38. The monoisotopic (exact) mass is 419 g/mol. The smallest absolute Gasteiger partial charge is 0.141 e. The summed E-state index contributed by atoms with van der Waals surface area (Å²) in [6, 6.07) is 6.36. The van der Waals surface area contributed by atoms with Crippen LogP contribution in [0.25, 0.3) is 0 Å². The number of benzene rings is 1. The largest absolute Gasteiger partial charge is 0.372 e. The highest BCUT2D eigenvalue weighted by atomic mass is 15.1. The van der Waals surface area contributed by atoms with Gasteiger partial charge in [0.15, 0.2) is 0 Å². The Hall–Kier alpha value is -2.80. The zero-order valence-corrected chi connectivity index (χ0v) is 19.2. The first kappa shape index (κ1) is 21.4. The molecule has 7 nitrogen and oxygen atoms in total. The first-order valence-corrected chi connectivity index (χ1v) is 11.1. The van der Waals surface area contributed by atoms with Crippen molar-refractivity contribution >= 4 is 28.7 Å². The molecule has 31 heavy (non-hydrogen) atoms. The summed E-state index contributed by atoms with van der Waals surface area (Å²) in [5.74, 6) is 2.93. The molecule has 2 fully saturated rings. The van der Waals surface area contributed by atoms with Gasteiger partial charge in [0.1, 0.15) is 18.0 Å². The Bertz CT molecular complexity index is 995. The van der Waals surface area contributed by atoms with Crippen molar-refractivity contribution in [2.45, 2.75) is 39.7 Å². The lowest BCUT2D eigenvalue weighted by molar-refractivity contribution is 0.374. The van der Waals surface area contributed by atoms with Gasteiger partial charge in [0.05, 0.1) is 17.0 Å². The molecule has 2 unspecified atom stereocenters. The van der Waals surface area contributed by atoms with Gasteiger partial charge >= 0.3 is 0 Å². The van der Waals surface area contributed by atoms with Crippen molar-refractivity contribution in [1.82, 2.24) is 14.9 Å². The summed E-state index contributed by atoms with van der Waals surface area (Å²) < 4.78 is 0. The number of nitrogens with one attached hydrogen (secondary N) is 3. The highest BCUT2D eigenvalue weighted by molar-refractivity contribution is 6.16. The topological polar surface area (TPSA) is 89.3 Å². The molecule has 0 spiro atoms. The average molecular weight is 420 g/mol. The van der Waals surface area contributed by atoms with E-state index in [1.54, 1.807) is 6.33 Å². The van der Waals surface area contributed by atoms with E-state index in [1.807, 2.05) is 46.0 Å². The van der Waals surface area contributed by atoms with Crippen molar-refractivity contribution in [1.29, 1.82) is 5.41 Å². The van der Waals surface area contributed by atoms with Gasteiger partial charge in [-0.3, -0.25) is 10.4 Å². The van der Waals surface area contributed by atoms with Gasteiger partial charge in [0.25, 0.3) is 0 Å². The Morgan fingerprint density at radius 3 is 2.42 bits per heavy atom. The van der Waals surface area contributed by atoms with Crippen LogP contribution in [0.2, 0.25) is 0 Å². The number of fused-ring (bicyclic) bond motifs is 1. The molecule has 1 aliphatic carbocycles. The summed E-state index contributed by atoms with van der Waals surface area (Å²) in [5.41, 5.74) is 4.98. The molecular weight excluding hydrogens is 386 g/mol. The number of rotatable bonds is 6. The summed E-state index contributed by atoms with van der Waals surface area (Å²) in [6.07, 6.45) is 3.88. The fourth-order valence-electron chi connectivity index (χ4n) is 5.09. The molecule has 4 rings (SSSR count). The molecule has 2 atom stereocenters. The van der Waals surface area contributed by atoms with E-state index in [2.05, 4.69) is 37.5 Å². The van der Waals surface area contributed by atoms with Crippen LogP contribution in [0.1, 0.15) is 43.4 Å². The molecule has 3 N–H and O–H groups in total. The van der Waals surface area contributed by atoms with Crippen molar-refractivity contribution in [2.75, 3.05) is 37.8 Å². The van der Waals surface area contributed by atoms with Gasteiger partial charge in [-0.2, -0.15) is 0 Å². The first-order chi connectivity index (χ1) is 14.9. The number of aliphatic imine (C=N–C) groups is 1. The minimum absolute atomic E-state index is 0.390. The van der Waals surface area contributed by atoms with Gasteiger partial charge in [0.2, 0.25) is 0 Å². The van der Waals surface area contributed by atoms with E-state index in [1.165, 1.54) is 13.1 Å². The lowest BCUT2D eigenvalue weighted by atomic mass is 10.00. The number of hydrogen-bond acceptors (Lipinski definition) is 7. The van der Waals surface area contributed by atoms with Gasteiger partial charge in [-0.15, -0.1) is 0 Å². The molecule has 1 saturated heterocycles. The van der Waals surface area contributed by atoms with Gasteiger partial charge in [-0.25, -0.2) is 9.97 Å². The predicted octanol–water partition coefficient (Wildman–Crippen LogP) is 4.11. The molecule has 0 bridgehead atoms. The van der Waals surface area contributed by atoms with E-state index < -0.39 is 0 Å². The summed E-state index contributed by atoms with van der Waals surface area (Å²) in [7, 11) is 4.05. The number of anilines is 2. The molecule has 2 aromatic rings. The van der Waals surface area contributed by atoms with Crippen molar-refractivity contribution in [2.24, 2.45) is 16.8 Å². The zero-order chi connectivity index (χ0) is 22.1. The summed E-state index contributed by atoms with van der Waals surface area (Å²) >= 11 is 0. The molecular formula is C24H33N7. The number of nitrogens with zero attached hydrogens (tertiary/aromatic N) is 4. The SMILES string of the molecule is CNc1ncnc(NC2CC3CN(C)CC3C2)c1C(=N)c1ccc(N=C(C)C)c(C)c1. The van der Waals surface area contributed by atoms with Gasteiger partial charge in [-0.05, 0) is 70.2 Å². The molecule has 2 aliphatic rings. The normalized spacial score (nSPS) is 22.8.